The highest BCUT2D eigenvalue weighted by Gasteiger charge is 2.25. The second-order valence-electron chi connectivity index (χ2n) is 5.72. The molecule has 1 aliphatic rings. The van der Waals surface area contributed by atoms with E-state index in [-0.39, 0.29) is 0 Å². The van der Waals surface area contributed by atoms with Gasteiger partial charge in [-0.3, -0.25) is 0 Å². The van der Waals surface area contributed by atoms with Crippen LogP contribution < -0.4 is 0 Å². The average Bonchev–Trinajstić information content (AvgIpc) is 2.81. The van der Waals surface area contributed by atoms with E-state index in [1.807, 2.05) is 12.4 Å². The Morgan fingerprint density at radius 1 is 1.42 bits per heavy atom. The van der Waals surface area contributed by atoms with Gasteiger partial charge in [0.25, 0.3) is 0 Å². The zero-order valence-corrected chi connectivity index (χ0v) is 11.6. The molecule has 1 aliphatic heterocycles. The Balaban J connectivity index is 1.91. The van der Waals surface area contributed by atoms with Crippen LogP contribution in [0.25, 0.3) is 5.52 Å². The summed E-state index contributed by atoms with van der Waals surface area (Å²) in [6.07, 6.45) is 6.20. The summed E-state index contributed by atoms with van der Waals surface area (Å²) in [4.78, 5) is 7.10. The number of pyridine rings is 1. The summed E-state index contributed by atoms with van der Waals surface area (Å²) >= 11 is 0. The molecule has 0 aromatic carbocycles. The van der Waals surface area contributed by atoms with Gasteiger partial charge in [-0.1, -0.05) is 0 Å². The van der Waals surface area contributed by atoms with Gasteiger partial charge < -0.3 is 14.4 Å². The molecule has 0 amide bonds. The van der Waals surface area contributed by atoms with Crippen LogP contribution in [0.1, 0.15) is 38.4 Å². The fourth-order valence-electron chi connectivity index (χ4n) is 3.00. The molecule has 3 heterocycles. The number of imidazole rings is 1. The summed E-state index contributed by atoms with van der Waals surface area (Å²) in [6, 6.07) is 4.08. The summed E-state index contributed by atoms with van der Waals surface area (Å²) in [7, 11) is 0. The molecule has 2 aromatic rings. The number of fused-ring (bicyclic) bond motifs is 1. The van der Waals surface area contributed by atoms with Crippen LogP contribution in [0.15, 0.2) is 24.5 Å². The minimum Gasteiger partial charge on any atom is -0.508 e. The Morgan fingerprint density at radius 2 is 2.26 bits per heavy atom. The maximum Gasteiger partial charge on any atom is 0.119 e. The molecule has 1 unspecified atom stereocenters. The molecule has 0 aliphatic carbocycles. The summed E-state index contributed by atoms with van der Waals surface area (Å²) < 4.78 is 2.11. The minimum absolute atomic E-state index is 0.298. The zero-order chi connectivity index (χ0) is 13.4. The van der Waals surface area contributed by atoms with Gasteiger partial charge in [0.2, 0.25) is 0 Å². The lowest BCUT2D eigenvalue weighted by atomic mass is 9.96. The van der Waals surface area contributed by atoms with Crippen molar-refractivity contribution in [3.05, 3.63) is 30.4 Å². The van der Waals surface area contributed by atoms with E-state index in [9.17, 15) is 5.11 Å². The topological polar surface area (TPSA) is 40.8 Å². The number of hydrogen-bond donors (Lipinski definition) is 1. The second kappa shape index (κ2) is 4.85. The van der Waals surface area contributed by atoms with Crippen molar-refractivity contribution in [3.8, 4) is 5.75 Å². The summed E-state index contributed by atoms with van der Waals surface area (Å²) in [6.45, 7) is 6.78. The highest BCUT2D eigenvalue weighted by Crippen LogP contribution is 2.28. The van der Waals surface area contributed by atoms with Crippen molar-refractivity contribution in [1.29, 1.82) is 0 Å². The Kier molecular flexibility index (Phi) is 3.19. The number of rotatable bonds is 2. The smallest absolute Gasteiger partial charge is 0.119 e. The van der Waals surface area contributed by atoms with Gasteiger partial charge in [-0.05, 0) is 39.3 Å². The predicted octanol–water partition coefficient (Wildman–Crippen LogP) is 2.63. The first-order chi connectivity index (χ1) is 9.15. The van der Waals surface area contributed by atoms with Crippen molar-refractivity contribution in [3.63, 3.8) is 0 Å². The molecule has 102 valence electrons. The van der Waals surface area contributed by atoms with Crippen LogP contribution in [0.3, 0.4) is 0 Å². The SMILES string of the molecule is CC(C)N1CCCC(c2ncc3cc(O)ccn23)C1. The van der Waals surface area contributed by atoms with Crippen molar-refractivity contribution in [2.75, 3.05) is 13.1 Å². The van der Waals surface area contributed by atoms with Gasteiger partial charge in [-0.15, -0.1) is 0 Å². The Morgan fingerprint density at radius 3 is 3.05 bits per heavy atom. The third kappa shape index (κ3) is 2.32. The van der Waals surface area contributed by atoms with Crippen LogP contribution in [0.5, 0.6) is 5.75 Å². The number of likely N-dealkylation sites (tertiary alicyclic amines) is 1. The highest BCUT2D eigenvalue weighted by molar-refractivity contribution is 5.50. The van der Waals surface area contributed by atoms with E-state index in [0.29, 0.717) is 17.7 Å². The first kappa shape index (κ1) is 12.5. The summed E-state index contributed by atoms with van der Waals surface area (Å²) in [5.41, 5.74) is 0.969. The van der Waals surface area contributed by atoms with E-state index < -0.39 is 0 Å². The van der Waals surface area contributed by atoms with Gasteiger partial charge in [0, 0.05) is 30.8 Å². The monoisotopic (exact) mass is 259 g/mol. The van der Waals surface area contributed by atoms with Crippen molar-refractivity contribution in [2.45, 2.75) is 38.6 Å². The average molecular weight is 259 g/mol. The number of aromatic nitrogens is 2. The van der Waals surface area contributed by atoms with Gasteiger partial charge in [-0.25, -0.2) is 4.98 Å². The lowest BCUT2D eigenvalue weighted by molar-refractivity contribution is 0.164. The van der Waals surface area contributed by atoms with Gasteiger partial charge in [0.05, 0.1) is 11.7 Å². The largest absolute Gasteiger partial charge is 0.508 e. The van der Waals surface area contributed by atoms with E-state index in [4.69, 9.17) is 0 Å². The molecule has 0 radical (unpaired) electrons. The molecule has 1 atom stereocenters. The Hall–Kier alpha value is -1.55. The molecule has 3 rings (SSSR count). The lowest BCUT2D eigenvalue weighted by Crippen LogP contribution is -2.39. The minimum atomic E-state index is 0.298. The molecule has 1 saturated heterocycles. The Labute approximate surface area is 113 Å². The maximum atomic E-state index is 9.52. The van der Waals surface area contributed by atoms with Crippen LogP contribution in [0.2, 0.25) is 0 Å². The Bertz CT molecular complexity index is 576. The van der Waals surface area contributed by atoms with E-state index in [2.05, 4.69) is 28.1 Å². The molecule has 1 fully saturated rings. The quantitative estimate of drug-likeness (QED) is 0.901. The molecule has 4 heteroatoms. The van der Waals surface area contributed by atoms with Crippen molar-refractivity contribution in [1.82, 2.24) is 14.3 Å². The van der Waals surface area contributed by atoms with E-state index in [1.165, 1.54) is 19.4 Å². The van der Waals surface area contributed by atoms with Crippen LogP contribution in [-0.2, 0) is 0 Å². The third-order valence-corrected chi connectivity index (χ3v) is 4.09. The predicted molar refractivity (Wildman–Crippen MR) is 75.5 cm³/mol. The second-order valence-corrected chi connectivity index (χ2v) is 5.72. The maximum absolute atomic E-state index is 9.52. The van der Waals surface area contributed by atoms with Crippen molar-refractivity contribution < 1.29 is 5.11 Å². The third-order valence-electron chi connectivity index (χ3n) is 4.09. The number of piperidine rings is 1. The first-order valence-corrected chi connectivity index (χ1v) is 7.05. The van der Waals surface area contributed by atoms with E-state index in [0.717, 1.165) is 17.9 Å². The molecule has 4 nitrogen and oxygen atoms in total. The molecule has 0 bridgehead atoms. The van der Waals surface area contributed by atoms with Gasteiger partial charge in [0.1, 0.15) is 11.6 Å². The molecule has 2 aromatic heterocycles. The highest BCUT2D eigenvalue weighted by atomic mass is 16.3. The van der Waals surface area contributed by atoms with E-state index >= 15 is 0 Å². The molecule has 0 spiro atoms. The number of aromatic hydroxyl groups is 1. The first-order valence-electron chi connectivity index (χ1n) is 7.05. The van der Waals surface area contributed by atoms with Crippen LogP contribution >= 0.6 is 0 Å². The van der Waals surface area contributed by atoms with E-state index in [1.54, 1.807) is 12.1 Å². The number of nitrogens with zero attached hydrogens (tertiary/aromatic N) is 3. The van der Waals surface area contributed by atoms with Gasteiger partial charge in [-0.2, -0.15) is 0 Å². The van der Waals surface area contributed by atoms with Crippen LogP contribution in [-0.4, -0.2) is 38.5 Å². The lowest BCUT2D eigenvalue weighted by Gasteiger charge is -2.34. The standard InChI is InChI=1S/C15H21N3O/c1-11(2)17-6-3-4-12(10-17)15-16-9-13-8-14(19)5-7-18(13)15/h5,7-9,11-12,19H,3-4,6,10H2,1-2H3. The van der Waals surface area contributed by atoms with Gasteiger partial charge >= 0.3 is 0 Å². The molecular formula is C15H21N3O. The number of hydrogen-bond acceptors (Lipinski definition) is 3. The normalized spacial score (nSPS) is 21.3. The fourth-order valence-corrected chi connectivity index (χ4v) is 3.00. The molecule has 1 N–H and O–H groups in total. The van der Waals surface area contributed by atoms with Crippen molar-refractivity contribution >= 4 is 5.52 Å². The van der Waals surface area contributed by atoms with Crippen molar-refractivity contribution in [2.24, 2.45) is 0 Å². The van der Waals surface area contributed by atoms with Crippen LogP contribution in [0.4, 0.5) is 0 Å². The summed E-state index contributed by atoms with van der Waals surface area (Å²) in [5, 5.41) is 9.52. The summed E-state index contributed by atoms with van der Waals surface area (Å²) in [5.74, 6) is 1.91. The molecule has 19 heavy (non-hydrogen) atoms. The molecule has 0 saturated carbocycles. The fraction of sp³-hybridized carbons (Fsp3) is 0.533. The van der Waals surface area contributed by atoms with Gasteiger partial charge in [0.15, 0.2) is 0 Å². The molecular weight excluding hydrogens is 238 g/mol. The zero-order valence-electron chi connectivity index (χ0n) is 11.6. The van der Waals surface area contributed by atoms with Crippen LogP contribution in [0, 0.1) is 0 Å².